The highest BCUT2D eigenvalue weighted by atomic mass is 16.5. The Labute approximate surface area is 113 Å². The van der Waals surface area contributed by atoms with Crippen molar-refractivity contribution in [3.8, 4) is 11.3 Å². The van der Waals surface area contributed by atoms with Gasteiger partial charge in [0.1, 0.15) is 5.82 Å². The van der Waals surface area contributed by atoms with Crippen molar-refractivity contribution in [1.82, 2.24) is 14.5 Å². The van der Waals surface area contributed by atoms with Gasteiger partial charge in [-0.1, -0.05) is 13.8 Å². The molecule has 0 saturated carbocycles. The molecule has 0 aliphatic rings. The maximum absolute atomic E-state index is 5.74. The summed E-state index contributed by atoms with van der Waals surface area (Å²) in [5.74, 6) is 0.963. The van der Waals surface area contributed by atoms with E-state index in [0.29, 0.717) is 18.3 Å². The number of pyridine rings is 1. The van der Waals surface area contributed by atoms with E-state index in [1.54, 1.807) is 13.3 Å². The van der Waals surface area contributed by atoms with Crippen molar-refractivity contribution in [3.05, 3.63) is 30.9 Å². The quantitative estimate of drug-likeness (QED) is 0.896. The molecule has 1 unspecified atom stereocenters. The first kappa shape index (κ1) is 13.5. The van der Waals surface area contributed by atoms with E-state index in [4.69, 9.17) is 10.5 Å². The number of nitrogens with zero attached hydrogens (tertiary/aromatic N) is 3. The Morgan fingerprint density at radius 2 is 2.21 bits per heavy atom. The topological polar surface area (TPSA) is 66.0 Å². The zero-order valence-corrected chi connectivity index (χ0v) is 11.6. The molecule has 0 bridgehead atoms. The number of methoxy groups -OCH3 is 1. The highest BCUT2D eigenvalue weighted by molar-refractivity contribution is 5.61. The highest BCUT2D eigenvalue weighted by Crippen LogP contribution is 2.27. The molecule has 2 heterocycles. The molecule has 0 saturated heterocycles. The largest absolute Gasteiger partial charge is 0.384 e. The summed E-state index contributed by atoms with van der Waals surface area (Å²) in [7, 11) is 1.72. The van der Waals surface area contributed by atoms with Crippen LogP contribution in [0.4, 0.5) is 5.82 Å². The zero-order chi connectivity index (χ0) is 13.8. The van der Waals surface area contributed by atoms with Crippen LogP contribution in [0.15, 0.2) is 30.9 Å². The number of imidazole rings is 1. The maximum atomic E-state index is 5.74. The normalized spacial score (nSPS) is 12.8. The van der Waals surface area contributed by atoms with Crippen LogP contribution in [0.25, 0.3) is 11.3 Å². The Hall–Kier alpha value is -1.88. The SMILES string of the molecule is COCC(C(C)C)n1cncc1-c1ccnc(N)c1. The first-order valence-electron chi connectivity index (χ1n) is 6.36. The number of anilines is 1. The van der Waals surface area contributed by atoms with Crippen molar-refractivity contribution >= 4 is 5.82 Å². The fourth-order valence-electron chi connectivity index (χ4n) is 2.16. The van der Waals surface area contributed by atoms with Crippen LogP contribution in [0.1, 0.15) is 19.9 Å². The lowest BCUT2D eigenvalue weighted by molar-refractivity contribution is 0.134. The van der Waals surface area contributed by atoms with Gasteiger partial charge >= 0.3 is 0 Å². The van der Waals surface area contributed by atoms with Crippen molar-refractivity contribution < 1.29 is 4.74 Å². The molecule has 0 fully saturated rings. The van der Waals surface area contributed by atoms with Gasteiger partial charge in [0, 0.05) is 18.9 Å². The van der Waals surface area contributed by atoms with E-state index in [1.807, 2.05) is 24.7 Å². The standard InChI is InChI=1S/C14H20N4O/c1-10(2)13(8-19-3)18-9-16-7-12(18)11-4-5-17-14(15)6-11/h4-7,9-10,13H,8H2,1-3H3,(H2,15,17). The fraction of sp³-hybridized carbons (Fsp3) is 0.429. The Morgan fingerprint density at radius 1 is 1.42 bits per heavy atom. The molecule has 5 nitrogen and oxygen atoms in total. The molecule has 0 amide bonds. The minimum atomic E-state index is 0.247. The van der Waals surface area contributed by atoms with Gasteiger partial charge in [-0.05, 0) is 18.1 Å². The molecular weight excluding hydrogens is 240 g/mol. The minimum absolute atomic E-state index is 0.247. The second kappa shape index (κ2) is 5.84. The molecule has 2 aromatic rings. The first-order valence-corrected chi connectivity index (χ1v) is 6.36. The molecule has 0 aromatic carbocycles. The molecule has 0 aliphatic heterocycles. The predicted molar refractivity (Wildman–Crippen MR) is 75.6 cm³/mol. The van der Waals surface area contributed by atoms with E-state index in [-0.39, 0.29) is 6.04 Å². The minimum Gasteiger partial charge on any atom is -0.384 e. The number of hydrogen-bond donors (Lipinski definition) is 1. The molecule has 102 valence electrons. The van der Waals surface area contributed by atoms with Crippen LogP contribution in [0.3, 0.4) is 0 Å². The molecular formula is C14H20N4O. The number of ether oxygens (including phenoxy) is 1. The van der Waals surface area contributed by atoms with Gasteiger partial charge in [0.15, 0.2) is 0 Å². The summed E-state index contributed by atoms with van der Waals surface area (Å²) in [4.78, 5) is 8.28. The molecule has 2 rings (SSSR count). The van der Waals surface area contributed by atoms with Crippen molar-refractivity contribution in [1.29, 1.82) is 0 Å². The van der Waals surface area contributed by atoms with Crippen molar-refractivity contribution in [2.45, 2.75) is 19.9 Å². The molecule has 5 heteroatoms. The van der Waals surface area contributed by atoms with Gasteiger partial charge in [-0.15, -0.1) is 0 Å². The summed E-state index contributed by atoms with van der Waals surface area (Å²) in [5, 5.41) is 0. The van der Waals surface area contributed by atoms with Gasteiger partial charge in [-0.3, -0.25) is 0 Å². The van der Waals surface area contributed by atoms with E-state index >= 15 is 0 Å². The number of aromatic nitrogens is 3. The lowest BCUT2D eigenvalue weighted by atomic mass is 10.0. The van der Waals surface area contributed by atoms with E-state index in [2.05, 4.69) is 28.4 Å². The fourth-order valence-corrected chi connectivity index (χ4v) is 2.16. The zero-order valence-electron chi connectivity index (χ0n) is 11.6. The van der Waals surface area contributed by atoms with Gasteiger partial charge in [-0.25, -0.2) is 9.97 Å². The number of rotatable bonds is 5. The van der Waals surface area contributed by atoms with Crippen LogP contribution >= 0.6 is 0 Å². The van der Waals surface area contributed by atoms with Crippen LogP contribution in [-0.2, 0) is 4.74 Å². The second-order valence-electron chi connectivity index (χ2n) is 4.92. The van der Waals surface area contributed by atoms with Gasteiger partial charge in [0.2, 0.25) is 0 Å². The Balaban J connectivity index is 2.41. The van der Waals surface area contributed by atoms with Crippen LogP contribution in [0.2, 0.25) is 0 Å². The smallest absolute Gasteiger partial charge is 0.123 e. The Bertz CT molecular complexity index is 536. The van der Waals surface area contributed by atoms with Gasteiger partial charge in [-0.2, -0.15) is 0 Å². The average molecular weight is 260 g/mol. The summed E-state index contributed by atoms with van der Waals surface area (Å²) in [6.45, 7) is 5.00. The van der Waals surface area contributed by atoms with E-state index in [9.17, 15) is 0 Å². The average Bonchev–Trinajstić information content (AvgIpc) is 2.84. The summed E-state index contributed by atoms with van der Waals surface area (Å²) in [5.41, 5.74) is 7.80. The number of nitrogen functional groups attached to an aromatic ring is 1. The lowest BCUT2D eigenvalue weighted by Crippen LogP contribution is -2.20. The number of hydrogen-bond acceptors (Lipinski definition) is 4. The first-order chi connectivity index (χ1) is 9.13. The summed E-state index contributed by atoms with van der Waals surface area (Å²) >= 11 is 0. The lowest BCUT2D eigenvalue weighted by Gasteiger charge is -2.23. The van der Waals surface area contributed by atoms with Crippen LogP contribution in [0, 0.1) is 5.92 Å². The summed E-state index contributed by atoms with van der Waals surface area (Å²) in [6, 6.07) is 4.04. The molecule has 0 radical (unpaired) electrons. The van der Waals surface area contributed by atoms with E-state index in [1.165, 1.54) is 0 Å². The molecule has 19 heavy (non-hydrogen) atoms. The van der Waals surface area contributed by atoms with E-state index < -0.39 is 0 Å². The number of nitrogens with two attached hydrogens (primary N) is 1. The maximum Gasteiger partial charge on any atom is 0.123 e. The molecule has 2 aromatic heterocycles. The second-order valence-corrected chi connectivity index (χ2v) is 4.92. The van der Waals surface area contributed by atoms with Gasteiger partial charge in [0.05, 0.1) is 30.9 Å². The molecule has 0 spiro atoms. The Morgan fingerprint density at radius 3 is 2.84 bits per heavy atom. The summed E-state index contributed by atoms with van der Waals surface area (Å²) < 4.78 is 7.46. The third-order valence-corrected chi connectivity index (χ3v) is 3.21. The predicted octanol–water partition coefficient (Wildman–Crippen LogP) is 2.37. The van der Waals surface area contributed by atoms with Crippen LogP contribution in [-0.4, -0.2) is 28.3 Å². The third kappa shape index (κ3) is 2.93. The van der Waals surface area contributed by atoms with E-state index in [0.717, 1.165) is 11.3 Å². The van der Waals surface area contributed by atoms with Gasteiger partial charge < -0.3 is 15.0 Å². The molecule has 2 N–H and O–H groups in total. The summed E-state index contributed by atoms with van der Waals surface area (Å²) in [6.07, 6.45) is 5.40. The third-order valence-electron chi connectivity index (χ3n) is 3.21. The van der Waals surface area contributed by atoms with Crippen molar-refractivity contribution in [3.63, 3.8) is 0 Å². The Kier molecular flexibility index (Phi) is 4.16. The van der Waals surface area contributed by atoms with Crippen molar-refractivity contribution in [2.75, 3.05) is 19.5 Å². The molecule has 1 atom stereocenters. The highest BCUT2D eigenvalue weighted by Gasteiger charge is 2.18. The van der Waals surface area contributed by atoms with Crippen LogP contribution < -0.4 is 5.73 Å². The molecule has 0 aliphatic carbocycles. The van der Waals surface area contributed by atoms with Crippen molar-refractivity contribution in [2.24, 2.45) is 5.92 Å². The van der Waals surface area contributed by atoms with Gasteiger partial charge in [0.25, 0.3) is 0 Å². The van der Waals surface area contributed by atoms with Crippen LogP contribution in [0.5, 0.6) is 0 Å². The monoisotopic (exact) mass is 260 g/mol.